The van der Waals surface area contributed by atoms with E-state index in [1.165, 1.54) is 30.0 Å². The maximum atomic E-state index is 12.9. The fraction of sp³-hybridized carbons (Fsp3) is 0.286. The highest BCUT2D eigenvalue weighted by atomic mass is 32.2. The lowest BCUT2D eigenvalue weighted by atomic mass is 10.1. The first kappa shape index (κ1) is 20.1. The first-order valence-electron chi connectivity index (χ1n) is 9.02. The third-order valence-corrected chi connectivity index (χ3v) is 5.31. The molecule has 0 bridgehead atoms. The van der Waals surface area contributed by atoms with Gasteiger partial charge in [0.05, 0.1) is 17.9 Å². The van der Waals surface area contributed by atoms with Crippen LogP contribution in [0.4, 0.5) is 4.39 Å². The Morgan fingerprint density at radius 2 is 2.07 bits per heavy atom. The molecule has 28 heavy (non-hydrogen) atoms. The fourth-order valence-electron chi connectivity index (χ4n) is 2.81. The summed E-state index contributed by atoms with van der Waals surface area (Å²) < 4.78 is 18.3. The first-order chi connectivity index (χ1) is 13.5. The summed E-state index contributed by atoms with van der Waals surface area (Å²) in [7, 11) is 0. The van der Waals surface area contributed by atoms with E-state index in [0.29, 0.717) is 16.3 Å². The summed E-state index contributed by atoms with van der Waals surface area (Å²) in [6.45, 7) is 1.83. The lowest BCUT2D eigenvalue weighted by Gasteiger charge is -2.13. The lowest BCUT2D eigenvalue weighted by molar-refractivity contribution is -0.120. The number of pyridine rings is 1. The predicted molar refractivity (Wildman–Crippen MR) is 106 cm³/mol. The zero-order chi connectivity index (χ0) is 19.9. The number of rotatable bonds is 8. The number of aromatic nitrogens is 1. The molecule has 0 aliphatic carbocycles. The summed E-state index contributed by atoms with van der Waals surface area (Å²) in [5, 5.41) is 3.39. The van der Waals surface area contributed by atoms with Gasteiger partial charge in [0.15, 0.2) is 6.10 Å². The molecule has 1 aliphatic rings. The highest BCUT2D eigenvalue weighted by Crippen LogP contribution is 2.22. The van der Waals surface area contributed by atoms with Crippen LogP contribution in [0.15, 0.2) is 59.5 Å². The highest BCUT2D eigenvalue weighted by Gasteiger charge is 2.25. The van der Waals surface area contributed by atoms with Crippen LogP contribution in [-0.4, -0.2) is 35.1 Å². The molecule has 0 saturated carbocycles. The summed E-state index contributed by atoms with van der Waals surface area (Å²) in [4.78, 5) is 28.5. The van der Waals surface area contributed by atoms with Crippen molar-refractivity contribution in [2.75, 3.05) is 12.3 Å². The number of carbonyl (C=O) groups is 2. The Labute approximate surface area is 167 Å². The maximum Gasteiger partial charge on any atom is 0.254 e. The lowest BCUT2D eigenvalue weighted by Crippen LogP contribution is -2.35. The highest BCUT2D eigenvalue weighted by molar-refractivity contribution is 7.99. The molecule has 0 fully saturated rings. The second kappa shape index (κ2) is 9.50. The average molecular weight is 400 g/mol. The number of halogens is 1. The van der Waals surface area contributed by atoms with E-state index in [1.54, 1.807) is 37.4 Å². The first-order valence-corrected chi connectivity index (χ1v) is 10.0. The van der Waals surface area contributed by atoms with Crippen LogP contribution in [0.2, 0.25) is 0 Å². The van der Waals surface area contributed by atoms with Gasteiger partial charge in [-0.15, -0.1) is 11.8 Å². The number of nitrogens with one attached hydrogen (secondary N) is 1. The number of ketones is 1. The molecular weight excluding hydrogens is 379 g/mol. The maximum absolute atomic E-state index is 12.9. The number of ether oxygens (including phenoxy) is 1. The molecule has 0 spiro atoms. The van der Waals surface area contributed by atoms with Crippen molar-refractivity contribution in [1.82, 2.24) is 10.3 Å². The third kappa shape index (κ3) is 5.42. The van der Waals surface area contributed by atoms with E-state index >= 15 is 0 Å². The van der Waals surface area contributed by atoms with Crippen molar-refractivity contribution in [3.63, 3.8) is 0 Å². The monoisotopic (exact) mass is 400 g/mol. The molecule has 1 aliphatic heterocycles. The van der Waals surface area contributed by atoms with Gasteiger partial charge < -0.3 is 10.1 Å². The number of nitrogens with zero attached hydrogens (tertiary/aromatic N) is 1. The van der Waals surface area contributed by atoms with Gasteiger partial charge in [0.2, 0.25) is 5.78 Å². The smallest absolute Gasteiger partial charge is 0.254 e. The SMILES string of the molecule is CC1=CC(=O)C(CNC(=O)c2cccnc2SCCCc2ccc(F)cc2)O1. The largest absolute Gasteiger partial charge is 0.485 e. The minimum Gasteiger partial charge on any atom is -0.485 e. The Morgan fingerprint density at radius 3 is 2.79 bits per heavy atom. The van der Waals surface area contributed by atoms with Gasteiger partial charge in [-0.3, -0.25) is 9.59 Å². The van der Waals surface area contributed by atoms with E-state index < -0.39 is 6.10 Å². The summed E-state index contributed by atoms with van der Waals surface area (Å²) in [6.07, 6.45) is 4.13. The predicted octanol–water partition coefficient (Wildman–Crippen LogP) is 3.55. The Kier molecular flexibility index (Phi) is 6.81. The van der Waals surface area contributed by atoms with Gasteiger partial charge in [0, 0.05) is 12.3 Å². The molecule has 3 rings (SSSR count). The number of benzene rings is 1. The van der Waals surface area contributed by atoms with Crippen molar-refractivity contribution in [1.29, 1.82) is 0 Å². The number of hydrogen-bond donors (Lipinski definition) is 1. The van der Waals surface area contributed by atoms with Gasteiger partial charge in [-0.25, -0.2) is 9.37 Å². The Hall–Kier alpha value is -2.67. The molecule has 1 aromatic heterocycles. The molecule has 0 saturated heterocycles. The zero-order valence-corrected chi connectivity index (χ0v) is 16.3. The molecule has 146 valence electrons. The Balaban J connectivity index is 1.50. The number of allylic oxidation sites excluding steroid dienone is 1. The van der Waals surface area contributed by atoms with Crippen LogP contribution >= 0.6 is 11.8 Å². The average Bonchev–Trinajstić information content (AvgIpc) is 3.02. The molecule has 2 aromatic rings. The van der Waals surface area contributed by atoms with Crippen LogP contribution in [-0.2, 0) is 16.0 Å². The van der Waals surface area contributed by atoms with E-state index in [1.807, 2.05) is 0 Å². The number of carbonyl (C=O) groups excluding carboxylic acids is 2. The van der Waals surface area contributed by atoms with Crippen molar-refractivity contribution in [3.05, 3.63) is 71.4 Å². The quantitative estimate of drug-likeness (QED) is 0.542. The summed E-state index contributed by atoms with van der Waals surface area (Å²) in [5.41, 5.74) is 1.55. The van der Waals surface area contributed by atoms with Crippen LogP contribution in [0.1, 0.15) is 29.3 Å². The third-order valence-electron chi connectivity index (χ3n) is 4.22. The Morgan fingerprint density at radius 1 is 1.29 bits per heavy atom. The fourth-order valence-corrected chi connectivity index (χ4v) is 3.74. The van der Waals surface area contributed by atoms with Crippen molar-refractivity contribution in [2.24, 2.45) is 0 Å². The van der Waals surface area contributed by atoms with E-state index in [-0.39, 0.29) is 24.1 Å². The second-order valence-electron chi connectivity index (χ2n) is 6.41. The molecule has 5 nitrogen and oxygen atoms in total. The molecule has 1 unspecified atom stereocenters. The molecule has 1 amide bonds. The van der Waals surface area contributed by atoms with E-state index in [2.05, 4.69) is 10.3 Å². The van der Waals surface area contributed by atoms with Crippen LogP contribution in [0.3, 0.4) is 0 Å². The molecule has 2 heterocycles. The summed E-state index contributed by atoms with van der Waals surface area (Å²) in [6, 6.07) is 9.90. The Bertz CT molecular complexity index is 883. The van der Waals surface area contributed by atoms with Crippen molar-refractivity contribution in [3.8, 4) is 0 Å². The standard InChI is InChI=1S/C21H21FN2O3S/c1-14-12-18(25)19(27-14)13-24-20(26)17-5-2-10-23-21(17)28-11-3-4-15-6-8-16(22)9-7-15/h2,5-10,12,19H,3-4,11,13H2,1H3,(H,24,26). The van der Waals surface area contributed by atoms with Gasteiger partial charge in [-0.2, -0.15) is 0 Å². The van der Waals surface area contributed by atoms with Crippen molar-refractivity contribution < 1.29 is 18.7 Å². The molecule has 0 radical (unpaired) electrons. The van der Waals surface area contributed by atoms with Crippen molar-refractivity contribution in [2.45, 2.75) is 30.9 Å². The molecule has 1 aromatic carbocycles. The van der Waals surface area contributed by atoms with Gasteiger partial charge in [-0.05, 0) is 55.3 Å². The molecule has 7 heteroatoms. The van der Waals surface area contributed by atoms with Gasteiger partial charge in [0.25, 0.3) is 5.91 Å². The van der Waals surface area contributed by atoms with E-state index in [4.69, 9.17) is 4.74 Å². The van der Waals surface area contributed by atoms with Crippen LogP contribution in [0, 0.1) is 5.82 Å². The van der Waals surface area contributed by atoms with E-state index in [9.17, 15) is 14.0 Å². The minimum absolute atomic E-state index is 0.120. The number of thioether (sulfide) groups is 1. The normalized spacial score (nSPS) is 15.9. The molecule has 1 N–H and O–H groups in total. The van der Waals surface area contributed by atoms with Gasteiger partial charge >= 0.3 is 0 Å². The zero-order valence-electron chi connectivity index (χ0n) is 15.5. The van der Waals surface area contributed by atoms with Crippen LogP contribution in [0.5, 0.6) is 0 Å². The van der Waals surface area contributed by atoms with Gasteiger partial charge in [0.1, 0.15) is 10.8 Å². The molecular formula is C21H21FN2O3S. The van der Waals surface area contributed by atoms with Crippen LogP contribution < -0.4 is 5.32 Å². The number of aryl methyl sites for hydroxylation is 1. The van der Waals surface area contributed by atoms with Gasteiger partial charge in [-0.1, -0.05) is 12.1 Å². The number of hydrogen-bond acceptors (Lipinski definition) is 5. The van der Waals surface area contributed by atoms with Crippen molar-refractivity contribution >= 4 is 23.5 Å². The summed E-state index contributed by atoms with van der Waals surface area (Å²) in [5.74, 6) is 0.678. The summed E-state index contributed by atoms with van der Waals surface area (Å²) >= 11 is 1.50. The second-order valence-corrected chi connectivity index (χ2v) is 7.49. The van der Waals surface area contributed by atoms with Crippen LogP contribution in [0.25, 0.3) is 0 Å². The molecule has 1 atom stereocenters. The minimum atomic E-state index is -0.660. The number of amides is 1. The van der Waals surface area contributed by atoms with E-state index in [0.717, 1.165) is 24.2 Å². The topological polar surface area (TPSA) is 68.3 Å².